The number of hydrogen-bond donors (Lipinski definition) is 11. The van der Waals surface area contributed by atoms with E-state index >= 15 is 0 Å². The fourth-order valence-corrected chi connectivity index (χ4v) is 11.3. The number of carbonyl (C=O) groups is 3. The highest BCUT2D eigenvalue weighted by Gasteiger charge is 2.52. The van der Waals surface area contributed by atoms with E-state index in [4.69, 9.17) is 38.3 Å². The van der Waals surface area contributed by atoms with Crippen LogP contribution in [0.15, 0.2) is 0 Å². The average molecular weight is 1180 g/mol. The van der Waals surface area contributed by atoms with E-state index in [9.17, 15) is 63.7 Å². The molecule has 25 heteroatoms. The molecule has 0 aromatic heterocycles. The van der Waals surface area contributed by atoms with Gasteiger partial charge in [-0.15, -0.1) is 0 Å². The maximum absolute atomic E-state index is 14.0. The Hall–Kier alpha value is -1.73. The second kappa shape index (κ2) is 43.0. The number of phosphoric ester groups is 2. The first-order valence-electron chi connectivity index (χ1n) is 29.9. The van der Waals surface area contributed by atoms with E-state index < -0.39 is 140 Å². The lowest BCUT2D eigenvalue weighted by atomic mass is 9.95. The summed E-state index contributed by atoms with van der Waals surface area (Å²) in [7, 11) is -10.4. The fourth-order valence-electron chi connectivity index (χ4n) is 9.90. The highest BCUT2D eigenvalue weighted by Crippen LogP contribution is 2.46. The molecule has 2 heterocycles. The third kappa shape index (κ3) is 32.8. The van der Waals surface area contributed by atoms with Gasteiger partial charge >= 0.3 is 21.6 Å². The third-order valence-electron chi connectivity index (χ3n) is 14.4. The van der Waals surface area contributed by atoms with Gasteiger partial charge in [0.2, 0.25) is 11.8 Å². The van der Waals surface area contributed by atoms with E-state index in [1.807, 2.05) is 0 Å². The third-order valence-corrected chi connectivity index (χ3v) is 15.9. The number of amides is 2. The summed E-state index contributed by atoms with van der Waals surface area (Å²) < 4.78 is 63.6. The summed E-state index contributed by atoms with van der Waals surface area (Å²) in [6.45, 7) is 4.05. The van der Waals surface area contributed by atoms with Gasteiger partial charge in [0, 0.05) is 13.0 Å². The maximum atomic E-state index is 14.0. The number of carbonyl (C=O) groups excluding carboxylic acids is 3. The minimum atomic E-state index is -5.37. The lowest BCUT2D eigenvalue weighted by molar-refractivity contribution is -0.294. The molecule has 12 unspecified atom stereocenters. The lowest BCUT2D eigenvalue weighted by Crippen LogP contribution is -2.67. The van der Waals surface area contributed by atoms with Gasteiger partial charge in [-0.1, -0.05) is 181 Å². The molecule has 0 aromatic rings. The topological polar surface area (TPSA) is 362 Å². The van der Waals surface area contributed by atoms with Crippen LogP contribution in [0.1, 0.15) is 226 Å². The van der Waals surface area contributed by atoms with Crippen LogP contribution in [0.5, 0.6) is 0 Å². The van der Waals surface area contributed by atoms with Crippen LogP contribution < -0.4 is 16.4 Å². The molecule has 0 saturated carbocycles. The fraction of sp³-hybridized carbons (Fsp3) is 0.944. The number of unbranched alkanes of at least 4 members (excludes halogenated alkanes) is 24. The average Bonchev–Trinajstić information content (AvgIpc) is 3.43. The normalized spacial score (nSPS) is 25.1. The summed E-state index contributed by atoms with van der Waals surface area (Å²) in [5, 5.41) is 60.4. The summed E-state index contributed by atoms with van der Waals surface area (Å²) in [5.41, 5.74) is 5.45. The number of ether oxygens (including phenoxy) is 4. The molecule has 13 atom stereocenters. The van der Waals surface area contributed by atoms with Gasteiger partial charge < -0.3 is 75.5 Å². The zero-order valence-corrected chi connectivity index (χ0v) is 49.6. The first kappa shape index (κ1) is 73.4. The summed E-state index contributed by atoms with van der Waals surface area (Å²) in [6.07, 6.45) is 11.1. The van der Waals surface area contributed by atoms with Gasteiger partial charge in [0.25, 0.3) is 0 Å². The predicted molar refractivity (Wildman–Crippen MR) is 296 cm³/mol. The molecule has 23 nitrogen and oxygen atoms in total. The zero-order valence-electron chi connectivity index (χ0n) is 47.8. The van der Waals surface area contributed by atoms with Crippen LogP contribution in [0.25, 0.3) is 0 Å². The van der Waals surface area contributed by atoms with Gasteiger partial charge in [-0.2, -0.15) is 0 Å². The molecule has 0 aromatic carbocycles. The Kier molecular flexibility index (Phi) is 39.9. The predicted octanol–water partition coefficient (Wildman–Crippen LogP) is 6.88. The Bertz CT molecular complexity index is 1710. The van der Waals surface area contributed by atoms with E-state index in [1.54, 1.807) is 0 Å². The molecule has 0 spiro atoms. The number of aliphatic hydroxyl groups excluding tert-OH is 5. The molecule has 2 saturated heterocycles. The standard InChI is InChI=1S/C54H105N3O20P2/c1-4-7-10-13-16-19-22-25-28-31-40(59)36-44(60)56-47-50(64)49(63)43(75-54(47)77-79(69,70)72-35-34-55)39-71-53-48(51(65)52(42(38-58)74-53)76-78(66,67)68)57-45(61)37-41(32-29-26-23-20-17-14-11-8-5-2)73-46(62)33-30-27-24-21-18-15-12-9-6-3/h40-43,47-54,58-59,63-65H,4-39,55H2,1-3H3,(H,56,60)(H,57,61)(H,69,70)(H2,66,67,68)/t40?,41-,42?,43?,47?,48?,49?,50?,51?,52?,53?,54?/m1/s1. The molecule has 12 N–H and O–H groups in total. The van der Waals surface area contributed by atoms with Crippen molar-refractivity contribution in [1.82, 2.24) is 10.6 Å². The highest BCUT2D eigenvalue weighted by atomic mass is 31.2. The molecule has 0 bridgehead atoms. The summed E-state index contributed by atoms with van der Waals surface area (Å²) in [5.74, 6) is -2.07. The Balaban J connectivity index is 2.27. The van der Waals surface area contributed by atoms with E-state index in [0.29, 0.717) is 32.1 Å². The second-order valence-corrected chi connectivity index (χ2v) is 24.1. The quantitative estimate of drug-likeness (QED) is 0.0168. The SMILES string of the molecule is CCCCCCCCCCCC(=O)O[C@H](CCCCCCCCCCC)CC(=O)NC1C(OCC2OC(OP(=O)(O)OCCN)C(NC(=O)CC(O)CCCCCCCCCCC)C(O)C2O)OC(CO)C(OP(=O)(O)O)C1O. The minimum absolute atomic E-state index is 0.155. The number of aliphatic hydroxyl groups is 5. The maximum Gasteiger partial charge on any atom is 0.474 e. The van der Waals surface area contributed by atoms with Crippen molar-refractivity contribution in [3.63, 3.8) is 0 Å². The molecule has 466 valence electrons. The number of nitrogens with one attached hydrogen (secondary N) is 2. The lowest BCUT2D eigenvalue weighted by Gasteiger charge is -2.45. The van der Waals surface area contributed by atoms with Crippen LogP contribution in [-0.2, 0) is 56.0 Å². The zero-order chi connectivity index (χ0) is 58.5. The van der Waals surface area contributed by atoms with Crippen LogP contribution in [-0.4, -0.2) is 158 Å². The molecule has 2 aliphatic rings. The largest absolute Gasteiger partial charge is 0.474 e. The van der Waals surface area contributed by atoms with Crippen molar-refractivity contribution in [2.75, 3.05) is 26.4 Å². The van der Waals surface area contributed by atoms with Crippen LogP contribution in [0.3, 0.4) is 0 Å². The number of rotatable bonds is 48. The molecule has 2 amide bonds. The van der Waals surface area contributed by atoms with Crippen molar-refractivity contribution in [2.24, 2.45) is 5.73 Å². The van der Waals surface area contributed by atoms with Gasteiger partial charge in [0.05, 0.1) is 38.8 Å². The highest BCUT2D eigenvalue weighted by molar-refractivity contribution is 7.47. The summed E-state index contributed by atoms with van der Waals surface area (Å²) >= 11 is 0. The molecule has 79 heavy (non-hydrogen) atoms. The Labute approximate surface area is 470 Å². The summed E-state index contributed by atoms with van der Waals surface area (Å²) in [4.78, 5) is 70.5. The monoisotopic (exact) mass is 1180 g/mol. The first-order chi connectivity index (χ1) is 37.8. The van der Waals surface area contributed by atoms with Gasteiger partial charge in [-0.05, 0) is 25.7 Å². The Morgan fingerprint density at radius 2 is 1.04 bits per heavy atom. The second-order valence-electron chi connectivity index (χ2n) is 21.5. The van der Waals surface area contributed by atoms with Crippen molar-refractivity contribution < 1.29 is 96.2 Å². The van der Waals surface area contributed by atoms with Crippen LogP contribution in [0, 0.1) is 0 Å². The van der Waals surface area contributed by atoms with E-state index in [2.05, 4.69) is 31.4 Å². The van der Waals surface area contributed by atoms with E-state index in [1.165, 1.54) is 64.2 Å². The molecule has 2 aliphatic heterocycles. The summed E-state index contributed by atoms with van der Waals surface area (Å²) in [6, 6.07) is -3.46. The number of esters is 1. The Morgan fingerprint density at radius 1 is 0.582 bits per heavy atom. The van der Waals surface area contributed by atoms with Crippen LogP contribution in [0.2, 0.25) is 0 Å². The van der Waals surface area contributed by atoms with Gasteiger partial charge in [-0.3, -0.25) is 28.0 Å². The Morgan fingerprint density at radius 3 is 1.53 bits per heavy atom. The first-order valence-corrected chi connectivity index (χ1v) is 33.0. The van der Waals surface area contributed by atoms with Crippen molar-refractivity contribution in [1.29, 1.82) is 0 Å². The number of phosphoric acid groups is 2. The molecule has 2 rings (SSSR count). The van der Waals surface area contributed by atoms with Gasteiger partial charge in [-0.25, -0.2) is 9.13 Å². The van der Waals surface area contributed by atoms with Crippen LogP contribution >= 0.6 is 15.6 Å². The molecule has 0 aliphatic carbocycles. The van der Waals surface area contributed by atoms with Crippen molar-refractivity contribution in [2.45, 2.75) is 300 Å². The number of hydrogen-bond acceptors (Lipinski definition) is 18. The smallest absolute Gasteiger partial charge is 0.462 e. The molecule has 2 fully saturated rings. The van der Waals surface area contributed by atoms with Crippen molar-refractivity contribution in [3.05, 3.63) is 0 Å². The van der Waals surface area contributed by atoms with Gasteiger partial charge in [0.15, 0.2) is 12.6 Å². The van der Waals surface area contributed by atoms with E-state index in [0.717, 1.165) is 89.9 Å². The van der Waals surface area contributed by atoms with Crippen LogP contribution in [0.4, 0.5) is 0 Å². The number of nitrogens with two attached hydrogens (primary N) is 1. The molecular formula is C54H105N3O20P2. The molecule has 0 radical (unpaired) electrons. The van der Waals surface area contributed by atoms with Gasteiger partial charge in [0.1, 0.15) is 54.8 Å². The van der Waals surface area contributed by atoms with Crippen molar-refractivity contribution in [3.8, 4) is 0 Å². The minimum Gasteiger partial charge on any atom is -0.462 e. The van der Waals surface area contributed by atoms with E-state index in [-0.39, 0.29) is 13.0 Å². The van der Waals surface area contributed by atoms with Crippen molar-refractivity contribution >= 4 is 33.4 Å². The molecular weight excluding hydrogens is 1070 g/mol.